The Morgan fingerprint density at radius 2 is 1.20 bits per heavy atom. The Balaban J connectivity index is 1.78. The Labute approximate surface area is 147 Å². The first kappa shape index (κ1) is 18.8. The van der Waals surface area contributed by atoms with Gasteiger partial charge in [0, 0.05) is 29.2 Å². The van der Waals surface area contributed by atoms with Crippen LogP contribution in [0.2, 0.25) is 5.02 Å². The maximum atomic E-state index is 12.5. The number of hydrogen-bond acceptors (Lipinski definition) is 2. The van der Waals surface area contributed by atoms with E-state index in [-0.39, 0.29) is 24.6 Å². The van der Waals surface area contributed by atoms with Crippen LogP contribution in [-0.4, -0.2) is 24.9 Å². The zero-order valence-corrected chi connectivity index (χ0v) is 13.6. The Morgan fingerprint density at radius 3 is 1.60 bits per heavy atom. The van der Waals surface area contributed by atoms with E-state index in [0.29, 0.717) is 10.6 Å². The summed E-state index contributed by atoms with van der Waals surface area (Å²) in [5.74, 6) is -0.838. The smallest absolute Gasteiger partial charge is 0.350 e. The van der Waals surface area contributed by atoms with Crippen molar-refractivity contribution in [3.05, 3.63) is 70.2 Å². The Bertz CT molecular complexity index is 744. The number of rotatable bonds is 5. The summed E-state index contributed by atoms with van der Waals surface area (Å²) in [4.78, 5) is 23.7. The summed E-state index contributed by atoms with van der Waals surface area (Å²) >= 11 is 5.73. The van der Waals surface area contributed by atoms with Crippen LogP contribution >= 0.6 is 11.6 Å². The molecule has 4 nitrogen and oxygen atoms in total. The third kappa shape index (κ3) is 5.49. The van der Waals surface area contributed by atoms with Crippen molar-refractivity contribution in [3.63, 3.8) is 0 Å². The molecule has 0 saturated carbocycles. The van der Waals surface area contributed by atoms with Crippen molar-refractivity contribution in [2.24, 2.45) is 0 Å². The van der Waals surface area contributed by atoms with Crippen molar-refractivity contribution in [1.82, 2.24) is 10.6 Å². The van der Waals surface area contributed by atoms with Crippen molar-refractivity contribution in [2.75, 3.05) is 13.1 Å². The lowest BCUT2D eigenvalue weighted by atomic mass is 10.1. The molecule has 2 rings (SSSR count). The predicted molar refractivity (Wildman–Crippen MR) is 87.6 cm³/mol. The minimum atomic E-state index is -4.44. The van der Waals surface area contributed by atoms with Gasteiger partial charge in [0.15, 0.2) is 0 Å². The topological polar surface area (TPSA) is 58.2 Å². The maximum absolute atomic E-state index is 12.5. The SMILES string of the molecule is O=C(NCCNC(=O)c1ccc(C(F)(F)F)cc1)c1ccc(Cl)cc1. The summed E-state index contributed by atoms with van der Waals surface area (Å²) in [6.07, 6.45) is -4.44. The first-order valence-electron chi connectivity index (χ1n) is 7.26. The van der Waals surface area contributed by atoms with Crippen LogP contribution in [0.1, 0.15) is 26.3 Å². The molecule has 8 heteroatoms. The number of nitrogens with one attached hydrogen (secondary N) is 2. The zero-order chi connectivity index (χ0) is 18.4. The van der Waals surface area contributed by atoms with Crippen molar-refractivity contribution >= 4 is 23.4 Å². The molecule has 0 atom stereocenters. The molecule has 0 aliphatic carbocycles. The van der Waals surface area contributed by atoms with E-state index >= 15 is 0 Å². The Hall–Kier alpha value is -2.54. The summed E-state index contributed by atoms with van der Waals surface area (Å²) in [5, 5.41) is 5.64. The van der Waals surface area contributed by atoms with Gasteiger partial charge in [-0.1, -0.05) is 11.6 Å². The van der Waals surface area contributed by atoms with Gasteiger partial charge in [-0.25, -0.2) is 0 Å². The molecule has 0 bridgehead atoms. The van der Waals surface area contributed by atoms with E-state index < -0.39 is 17.6 Å². The fourth-order valence-electron chi connectivity index (χ4n) is 1.97. The van der Waals surface area contributed by atoms with E-state index in [1.54, 1.807) is 24.3 Å². The van der Waals surface area contributed by atoms with E-state index in [2.05, 4.69) is 10.6 Å². The highest BCUT2D eigenvalue weighted by Gasteiger charge is 2.30. The van der Waals surface area contributed by atoms with Gasteiger partial charge in [-0.3, -0.25) is 9.59 Å². The number of halogens is 4. The highest BCUT2D eigenvalue weighted by molar-refractivity contribution is 6.30. The van der Waals surface area contributed by atoms with Crippen molar-refractivity contribution in [1.29, 1.82) is 0 Å². The monoisotopic (exact) mass is 370 g/mol. The van der Waals surface area contributed by atoms with Crippen molar-refractivity contribution in [2.45, 2.75) is 6.18 Å². The summed E-state index contributed by atoms with van der Waals surface area (Å²) < 4.78 is 37.4. The van der Waals surface area contributed by atoms with Gasteiger partial charge in [-0.15, -0.1) is 0 Å². The van der Waals surface area contributed by atoms with Crippen LogP contribution in [0.4, 0.5) is 13.2 Å². The lowest BCUT2D eigenvalue weighted by Crippen LogP contribution is -2.34. The summed E-state index contributed by atoms with van der Waals surface area (Å²) in [7, 11) is 0. The van der Waals surface area contributed by atoms with Crippen LogP contribution in [0.5, 0.6) is 0 Å². The van der Waals surface area contributed by atoms with Crippen LogP contribution < -0.4 is 10.6 Å². The predicted octanol–water partition coefficient (Wildman–Crippen LogP) is 3.52. The largest absolute Gasteiger partial charge is 0.416 e. The van der Waals surface area contributed by atoms with E-state index in [1.165, 1.54) is 0 Å². The molecule has 0 saturated heterocycles. The van der Waals surface area contributed by atoms with E-state index in [4.69, 9.17) is 11.6 Å². The molecule has 0 aliphatic rings. The molecule has 0 aliphatic heterocycles. The first-order valence-corrected chi connectivity index (χ1v) is 7.64. The number of carbonyl (C=O) groups excluding carboxylic acids is 2. The summed E-state index contributed by atoms with van der Waals surface area (Å²) in [6, 6.07) is 10.2. The highest BCUT2D eigenvalue weighted by atomic mass is 35.5. The second-order valence-electron chi connectivity index (χ2n) is 5.09. The number of benzene rings is 2. The van der Waals surface area contributed by atoms with Gasteiger partial charge in [0.25, 0.3) is 11.8 Å². The molecule has 2 aromatic rings. The number of amides is 2. The maximum Gasteiger partial charge on any atom is 0.416 e. The zero-order valence-electron chi connectivity index (χ0n) is 12.9. The lowest BCUT2D eigenvalue weighted by molar-refractivity contribution is -0.137. The molecule has 0 fully saturated rings. The molecule has 132 valence electrons. The molecule has 0 aromatic heterocycles. The van der Waals surface area contributed by atoms with Gasteiger partial charge in [-0.2, -0.15) is 13.2 Å². The van der Waals surface area contributed by atoms with E-state index in [9.17, 15) is 22.8 Å². The van der Waals surface area contributed by atoms with Gasteiger partial charge in [0.1, 0.15) is 0 Å². The van der Waals surface area contributed by atoms with Crippen LogP contribution in [-0.2, 0) is 6.18 Å². The summed E-state index contributed by atoms with van der Waals surface area (Å²) in [6.45, 7) is 0.313. The molecule has 25 heavy (non-hydrogen) atoms. The third-order valence-electron chi connectivity index (χ3n) is 3.28. The minimum Gasteiger partial charge on any atom is -0.350 e. The molecule has 0 spiro atoms. The second kappa shape index (κ2) is 8.02. The number of carbonyl (C=O) groups is 2. The van der Waals surface area contributed by atoms with Gasteiger partial charge >= 0.3 is 6.18 Å². The second-order valence-corrected chi connectivity index (χ2v) is 5.53. The molecular weight excluding hydrogens is 357 g/mol. The van der Waals surface area contributed by atoms with E-state index in [0.717, 1.165) is 24.3 Å². The molecule has 2 amide bonds. The van der Waals surface area contributed by atoms with Crippen LogP contribution in [0.25, 0.3) is 0 Å². The number of alkyl halides is 3. The molecule has 0 radical (unpaired) electrons. The molecular formula is C17H14ClF3N2O2. The van der Waals surface area contributed by atoms with Crippen LogP contribution in [0, 0.1) is 0 Å². The Kier molecular flexibility index (Phi) is 6.03. The molecule has 0 unspecified atom stereocenters. The minimum absolute atomic E-state index is 0.108. The fourth-order valence-corrected chi connectivity index (χ4v) is 2.09. The van der Waals surface area contributed by atoms with Crippen LogP contribution in [0.3, 0.4) is 0 Å². The average molecular weight is 371 g/mol. The quantitative estimate of drug-likeness (QED) is 0.791. The fraction of sp³-hybridized carbons (Fsp3) is 0.176. The Morgan fingerprint density at radius 1 is 0.800 bits per heavy atom. The normalized spacial score (nSPS) is 11.0. The molecule has 2 aromatic carbocycles. The van der Waals surface area contributed by atoms with Crippen molar-refractivity contribution < 1.29 is 22.8 Å². The average Bonchev–Trinajstić information content (AvgIpc) is 2.58. The van der Waals surface area contributed by atoms with Crippen LogP contribution in [0.15, 0.2) is 48.5 Å². The summed E-state index contributed by atoms with van der Waals surface area (Å²) in [5.41, 5.74) is -0.283. The van der Waals surface area contributed by atoms with Gasteiger partial charge in [-0.05, 0) is 48.5 Å². The van der Waals surface area contributed by atoms with Crippen molar-refractivity contribution in [3.8, 4) is 0 Å². The number of hydrogen-bond donors (Lipinski definition) is 2. The first-order chi connectivity index (χ1) is 11.8. The lowest BCUT2D eigenvalue weighted by Gasteiger charge is -2.09. The van der Waals surface area contributed by atoms with Gasteiger partial charge in [0.2, 0.25) is 0 Å². The van der Waals surface area contributed by atoms with Gasteiger partial charge in [0.05, 0.1) is 5.56 Å². The van der Waals surface area contributed by atoms with Gasteiger partial charge < -0.3 is 10.6 Å². The third-order valence-corrected chi connectivity index (χ3v) is 3.53. The standard InChI is InChI=1S/C17H14ClF3N2O2/c18-14-7-3-12(4-8-14)16(25)23-10-9-22-15(24)11-1-5-13(6-2-11)17(19,20)21/h1-8H,9-10H2,(H,22,24)(H,23,25). The molecule has 2 N–H and O–H groups in total. The highest BCUT2D eigenvalue weighted by Crippen LogP contribution is 2.29. The molecule has 0 heterocycles. The van der Waals surface area contributed by atoms with E-state index in [1.807, 2.05) is 0 Å².